The third kappa shape index (κ3) is 1.72. The van der Waals surface area contributed by atoms with Crippen LogP contribution in [0.25, 0.3) is 0 Å². The Kier molecular flexibility index (Phi) is 3.15. The fourth-order valence-electron chi connectivity index (χ4n) is 6.56. The van der Waals surface area contributed by atoms with E-state index < -0.39 is 11.6 Å². The predicted octanol–water partition coefficient (Wildman–Crippen LogP) is 3.83. The monoisotopic (exact) mass is 306 g/mol. The summed E-state index contributed by atoms with van der Waals surface area (Å²) in [4.78, 5) is 12.3. The summed E-state index contributed by atoms with van der Waals surface area (Å²) in [6, 6.07) is 0. The number of hydrogen-bond donors (Lipinski definition) is 1. The van der Waals surface area contributed by atoms with Crippen LogP contribution in [0.4, 0.5) is 4.39 Å². The number of rotatable bonds is 0. The first-order chi connectivity index (χ1) is 10.4. The van der Waals surface area contributed by atoms with Gasteiger partial charge in [0.15, 0.2) is 12.0 Å². The van der Waals surface area contributed by atoms with Crippen LogP contribution >= 0.6 is 0 Å². The average molecular weight is 306 g/mol. The molecule has 3 saturated carbocycles. The standard InChI is InChI=1S/C19H27FO2/c1-18-7-4-3-5-13(18)16(21)9-11-12(18)6-8-19(2)14(11)10-15(20)17(19)22/h5,11-12,14-16,21H,3-4,6-10H2,1-2H3/t11-,12+,14+,15?,16?,18-,19+/m1/s1. The quantitative estimate of drug-likeness (QED) is 0.691. The lowest BCUT2D eigenvalue weighted by atomic mass is 9.47. The molecule has 0 heterocycles. The number of Topliss-reactive ketones (excluding diaryl/α,β-unsaturated/α-hetero) is 1. The van der Waals surface area contributed by atoms with Gasteiger partial charge in [0.2, 0.25) is 0 Å². The minimum atomic E-state index is -1.28. The lowest BCUT2D eigenvalue weighted by Crippen LogP contribution is -2.53. The summed E-state index contributed by atoms with van der Waals surface area (Å²) in [5, 5.41) is 10.7. The van der Waals surface area contributed by atoms with E-state index in [4.69, 9.17) is 0 Å². The number of aliphatic hydroxyl groups is 1. The van der Waals surface area contributed by atoms with Crippen LogP contribution in [-0.2, 0) is 4.79 Å². The number of alkyl halides is 1. The summed E-state index contributed by atoms with van der Waals surface area (Å²) >= 11 is 0. The summed E-state index contributed by atoms with van der Waals surface area (Å²) < 4.78 is 14.1. The highest BCUT2D eigenvalue weighted by atomic mass is 19.1. The van der Waals surface area contributed by atoms with Crippen molar-refractivity contribution in [2.24, 2.45) is 28.6 Å². The van der Waals surface area contributed by atoms with Crippen LogP contribution in [0, 0.1) is 28.6 Å². The van der Waals surface area contributed by atoms with Crippen molar-refractivity contribution in [3.8, 4) is 0 Å². The summed E-state index contributed by atoms with van der Waals surface area (Å²) in [5.41, 5.74) is 0.830. The predicted molar refractivity (Wildman–Crippen MR) is 83.0 cm³/mol. The van der Waals surface area contributed by atoms with Gasteiger partial charge in [0, 0.05) is 5.41 Å². The second kappa shape index (κ2) is 4.66. The second-order valence-corrected chi connectivity index (χ2v) is 8.62. The van der Waals surface area contributed by atoms with Gasteiger partial charge in [-0.2, -0.15) is 0 Å². The van der Waals surface area contributed by atoms with Gasteiger partial charge in [0.05, 0.1) is 6.10 Å². The van der Waals surface area contributed by atoms with Crippen molar-refractivity contribution in [1.29, 1.82) is 0 Å². The Morgan fingerprint density at radius 1 is 1.18 bits per heavy atom. The van der Waals surface area contributed by atoms with Crippen LogP contribution in [0.5, 0.6) is 0 Å². The number of hydrogen-bond acceptors (Lipinski definition) is 2. The van der Waals surface area contributed by atoms with E-state index in [2.05, 4.69) is 13.0 Å². The summed E-state index contributed by atoms with van der Waals surface area (Å²) in [5.74, 6) is 0.779. The minimum Gasteiger partial charge on any atom is -0.389 e. The van der Waals surface area contributed by atoms with Crippen molar-refractivity contribution in [2.75, 3.05) is 0 Å². The first-order valence-electron chi connectivity index (χ1n) is 8.95. The van der Waals surface area contributed by atoms with Gasteiger partial charge < -0.3 is 5.11 Å². The summed E-state index contributed by atoms with van der Waals surface area (Å²) in [6.45, 7) is 4.29. The molecule has 22 heavy (non-hydrogen) atoms. The molecule has 122 valence electrons. The zero-order valence-corrected chi connectivity index (χ0v) is 13.6. The molecule has 0 saturated heterocycles. The third-order valence-electron chi connectivity index (χ3n) is 7.73. The second-order valence-electron chi connectivity index (χ2n) is 8.62. The third-order valence-corrected chi connectivity index (χ3v) is 7.73. The summed E-state index contributed by atoms with van der Waals surface area (Å²) in [7, 11) is 0. The molecule has 0 amide bonds. The van der Waals surface area contributed by atoms with Crippen molar-refractivity contribution >= 4 is 5.78 Å². The van der Waals surface area contributed by atoms with Gasteiger partial charge in [0.1, 0.15) is 0 Å². The van der Waals surface area contributed by atoms with Crippen molar-refractivity contribution in [3.05, 3.63) is 11.6 Å². The van der Waals surface area contributed by atoms with Crippen LogP contribution in [0.1, 0.15) is 58.8 Å². The lowest BCUT2D eigenvalue weighted by Gasteiger charge is -2.58. The van der Waals surface area contributed by atoms with Gasteiger partial charge in [-0.3, -0.25) is 4.79 Å². The maximum absolute atomic E-state index is 14.1. The molecule has 3 heteroatoms. The molecule has 2 nitrogen and oxygen atoms in total. The van der Waals surface area contributed by atoms with E-state index >= 15 is 0 Å². The zero-order valence-electron chi connectivity index (χ0n) is 13.6. The maximum atomic E-state index is 14.1. The average Bonchev–Trinajstić information content (AvgIpc) is 2.71. The van der Waals surface area contributed by atoms with Crippen molar-refractivity contribution in [2.45, 2.75) is 71.1 Å². The van der Waals surface area contributed by atoms with Gasteiger partial charge in [-0.1, -0.05) is 19.9 Å². The molecule has 1 N–H and O–H groups in total. The molecule has 2 unspecified atom stereocenters. The number of halogens is 1. The number of carbonyl (C=O) groups is 1. The Labute approximate surface area is 132 Å². The molecule has 0 aromatic heterocycles. The van der Waals surface area contributed by atoms with Crippen LogP contribution in [-0.4, -0.2) is 23.2 Å². The minimum absolute atomic E-state index is 0.0688. The SMILES string of the molecule is C[C@]12CCCC=C1C(O)C[C@@H]1[C@@H]2CC[C@]2(C)C(=O)C(F)C[C@@H]12. The Hall–Kier alpha value is -0.700. The van der Waals surface area contributed by atoms with Gasteiger partial charge in [-0.15, -0.1) is 0 Å². The molecule has 0 aromatic rings. The smallest absolute Gasteiger partial charge is 0.173 e. The van der Waals surface area contributed by atoms with Gasteiger partial charge >= 0.3 is 0 Å². The summed E-state index contributed by atoms with van der Waals surface area (Å²) in [6.07, 6.45) is 6.94. The molecule has 7 atom stereocenters. The van der Waals surface area contributed by atoms with Crippen molar-refractivity contribution in [3.63, 3.8) is 0 Å². The molecule has 0 bridgehead atoms. The van der Waals surface area contributed by atoms with Crippen LogP contribution in [0.15, 0.2) is 11.6 Å². The molecule has 0 spiro atoms. The van der Waals surface area contributed by atoms with Gasteiger partial charge in [-0.25, -0.2) is 4.39 Å². The van der Waals surface area contributed by atoms with Crippen LogP contribution in [0.3, 0.4) is 0 Å². The van der Waals surface area contributed by atoms with E-state index in [1.807, 2.05) is 6.92 Å². The molecule has 4 rings (SSSR count). The van der Waals surface area contributed by atoms with E-state index in [9.17, 15) is 14.3 Å². The normalized spacial score (nSPS) is 54.3. The fourth-order valence-corrected chi connectivity index (χ4v) is 6.56. The molecule has 4 aliphatic rings. The van der Waals surface area contributed by atoms with Crippen molar-refractivity contribution < 1.29 is 14.3 Å². The number of allylic oxidation sites excluding steroid dienone is 1. The maximum Gasteiger partial charge on any atom is 0.173 e. The first kappa shape index (κ1) is 14.9. The zero-order chi connectivity index (χ0) is 15.7. The van der Waals surface area contributed by atoms with Gasteiger partial charge in [-0.05, 0) is 73.7 Å². The van der Waals surface area contributed by atoms with E-state index in [1.54, 1.807) is 0 Å². The van der Waals surface area contributed by atoms with Crippen LogP contribution in [0.2, 0.25) is 0 Å². The lowest BCUT2D eigenvalue weighted by molar-refractivity contribution is -0.136. The molecule has 3 fully saturated rings. The van der Waals surface area contributed by atoms with E-state index in [-0.39, 0.29) is 23.2 Å². The van der Waals surface area contributed by atoms with E-state index in [1.165, 1.54) is 12.0 Å². The van der Waals surface area contributed by atoms with Gasteiger partial charge in [0.25, 0.3) is 0 Å². The number of ketones is 1. The topological polar surface area (TPSA) is 37.3 Å². The molecular formula is C19H27FO2. The first-order valence-corrected chi connectivity index (χ1v) is 8.95. The highest BCUT2D eigenvalue weighted by Gasteiger charge is 2.62. The highest BCUT2D eigenvalue weighted by molar-refractivity contribution is 5.91. The number of aliphatic hydroxyl groups excluding tert-OH is 1. The Balaban J connectivity index is 1.74. The molecule has 0 aliphatic heterocycles. The Morgan fingerprint density at radius 3 is 2.73 bits per heavy atom. The Bertz CT molecular complexity index is 542. The molecule has 0 radical (unpaired) electrons. The largest absolute Gasteiger partial charge is 0.389 e. The molecular weight excluding hydrogens is 279 g/mol. The molecule has 0 aromatic carbocycles. The van der Waals surface area contributed by atoms with Crippen LogP contribution < -0.4 is 0 Å². The van der Waals surface area contributed by atoms with E-state index in [0.29, 0.717) is 18.3 Å². The van der Waals surface area contributed by atoms with E-state index in [0.717, 1.165) is 32.1 Å². The molecule has 4 aliphatic carbocycles. The highest BCUT2D eigenvalue weighted by Crippen LogP contribution is 2.64. The van der Waals surface area contributed by atoms with Crippen molar-refractivity contribution in [1.82, 2.24) is 0 Å². The number of carbonyl (C=O) groups excluding carboxylic acids is 1. The fraction of sp³-hybridized carbons (Fsp3) is 0.842. The number of fused-ring (bicyclic) bond motifs is 5. The Morgan fingerprint density at radius 2 is 1.95 bits per heavy atom.